The van der Waals surface area contributed by atoms with Crippen molar-refractivity contribution >= 4 is 38.4 Å². The second kappa shape index (κ2) is 11.4. The Morgan fingerprint density at radius 1 is 0.975 bits per heavy atom. The first-order valence-corrected chi connectivity index (χ1v) is 14.7. The third-order valence-electron chi connectivity index (χ3n) is 7.25. The fourth-order valence-corrected chi connectivity index (χ4v) is 6.96. The number of nitrogen functional groups attached to an aromatic ring is 1. The van der Waals surface area contributed by atoms with E-state index in [2.05, 4.69) is 4.98 Å². The number of aromatic nitrogens is 1. The van der Waals surface area contributed by atoms with Crippen molar-refractivity contribution in [3.05, 3.63) is 108 Å². The minimum Gasteiger partial charge on any atom is -0.383 e. The van der Waals surface area contributed by atoms with Gasteiger partial charge in [-0.1, -0.05) is 72.8 Å². The first-order chi connectivity index (χ1) is 19.2. The van der Waals surface area contributed by atoms with E-state index in [1.54, 1.807) is 79.0 Å². The van der Waals surface area contributed by atoms with Crippen molar-refractivity contribution < 1.29 is 18.0 Å². The predicted molar refractivity (Wildman–Crippen MR) is 154 cm³/mol. The highest BCUT2D eigenvalue weighted by Crippen LogP contribution is 2.33. The van der Waals surface area contributed by atoms with Gasteiger partial charge in [0, 0.05) is 24.7 Å². The van der Waals surface area contributed by atoms with E-state index in [1.165, 1.54) is 9.21 Å². The van der Waals surface area contributed by atoms with Crippen LogP contribution >= 0.6 is 0 Å². The van der Waals surface area contributed by atoms with Gasteiger partial charge in [0.2, 0.25) is 21.8 Å². The lowest BCUT2D eigenvalue weighted by Gasteiger charge is -2.34. The van der Waals surface area contributed by atoms with E-state index in [-0.39, 0.29) is 12.3 Å². The number of hydrogen-bond acceptors (Lipinski definition) is 6. The number of amides is 2. The van der Waals surface area contributed by atoms with Crippen LogP contribution in [-0.2, 0) is 31.9 Å². The molecule has 1 fully saturated rings. The van der Waals surface area contributed by atoms with E-state index in [1.807, 2.05) is 12.1 Å². The summed E-state index contributed by atoms with van der Waals surface area (Å²) >= 11 is 0. The Bertz CT molecular complexity index is 1630. The minimum atomic E-state index is -4.06. The van der Waals surface area contributed by atoms with Gasteiger partial charge in [0.15, 0.2) is 0 Å². The molecule has 1 aromatic heterocycles. The lowest BCUT2D eigenvalue weighted by Crippen LogP contribution is -2.50. The Morgan fingerprint density at radius 2 is 1.68 bits per heavy atom. The standard InChI is InChI=1S/C30H31N5O4S/c31-28-25-14-13-22(18-24(25)15-16-33-28)19-35(40(38,39)20-21-8-3-1-4-9-21)27(23-10-5-2-6-11-23)30(37)34-17-7-12-26(34)29(32)36/h1-6,8-11,13-16,18,26-27H,7,12,17,19-20H2,(H2,31,33)(H2,32,36)/t26-,27+/m0/s1. The third-order valence-corrected chi connectivity index (χ3v) is 9.00. The van der Waals surface area contributed by atoms with Crippen LogP contribution in [0.5, 0.6) is 0 Å². The number of rotatable bonds is 9. The quantitative estimate of drug-likeness (QED) is 0.323. The van der Waals surface area contributed by atoms with Gasteiger partial charge in [-0.3, -0.25) is 9.59 Å². The maximum absolute atomic E-state index is 14.2. The number of carbonyl (C=O) groups excluding carboxylic acids is 2. The zero-order chi connectivity index (χ0) is 28.3. The van der Waals surface area contributed by atoms with Gasteiger partial charge in [0.25, 0.3) is 0 Å². The average Bonchev–Trinajstić information content (AvgIpc) is 3.44. The molecule has 4 aromatic rings. The number of benzene rings is 3. The summed E-state index contributed by atoms with van der Waals surface area (Å²) in [4.78, 5) is 32.0. The molecule has 1 saturated heterocycles. The largest absolute Gasteiger partial charge is 0.383 e. The smallest absolute Gasteiger partial charge is 0.246 e. The normalized spacial score (nSPS) is 16.3. The van der Waals surface area contributed by atoms with Crippen LogP contribution in [-0.4, -0.2) is 47.0 Å². The van der Waals surface area contributed by atoms with Gasteiger partial charge >= 0.3 is 0 Å². The van der Waals surface area contributed by atoms with Gasteiger partial charge in [-0.2, -0.15) is 4.31 Å². The average molecular weight is 558 g/mol. The Kier molecular flexibility index (Phi) is 7.81. The number of primary amides is 1. The summed E-state index contributed by atoms with van der Waals surface area (Å²) in [7, 11) is -4.06. The SMILES string of the molecule is NC(=O)[C@@H]1CCCN1C(=O)[C@@H](c1ccccc1)N(Cc1ccc2c(N)nccc2c1)S(=O)(=O)Cc1ccccc1. The summed E-state index contributed by atoms with van der Waals surface area (Å²) in [5.74, 6) is -0.995. The molecule has 0 aliphatic carbocycles. The van der Waals surface area contributed by atoms with Gasteiger partial charge in [0.1, 0.15) is 17.9 Å². The summed E-state index contributed by atoms with van der Waals surface area (Å²) in [6.45, 7) is 0.248. The van der Waals surface area contributed by atoms with Crippen LogP contribution in [0, 0.1) is 0 Å². The number of fused-ring (bicyclic) bond motifs is 1. The summed E-state index contributed by atoms with van der Waals surface area (Å²) in [5.41, 5.74) is 13.4. The first kappa shape index (κ1) is 27.3. The Hall–Kier alpha value is -4.28. The fraction of sp³-hybridized carbons (Fsp3) is 0.233. The van der Waals surface area contributed by atoms with Crippen molar-refractivity contribution in [1.29, 1.82) is 0 Å². The molecule has 1 aliphatic heterocycles. The highest BCUT2D eigenvalue weighted by Gasteiger charge is 2.42. The molecule has 2 amide bonds. The van der Waals surface area contributed by atoms with Crippen LogP contribution in [0.3, 0.4) is 0 Å². The highest BCUT2D eigenvalue weighted by atomic mass is 32.2. The molecule has 4 N–H and O–H groups in total. The van der Waals surface area contributed by atoms with Crippen molar-refractivity contribution in [3.63, 3.8) is 0 Å². The molecular weight excluding hydrogens is 526 g/mol. The van der Waals surface area contributed by atoms with Crippen LogP contribution in [0.15, 0.2) is 91.1 Å². The van der Waals surface area contributed by atoms with Crippen molar-refractivity contribution in [2.75, 3.05) is 12.3 Å². The third kappa shape index (κ3) is 5.68. The van der Waals surface area contributed by atoms with E-state index in [4.69, 9.17) is 11.5 Å². The van der Waals surface area contributed by atoms with E-state index in [0.29, 0.717) is 41.9 Å². The molecule has 40 heavy (non-hydrogen) atoms. The Morgan fingerprint density at radius 3 is 2.38 bits per heavy atom. The second-order valence-electron chi connectivity index (χ2n) is 9.94. The number of nitrogens with zero attached hydrogens (tertiary/aromatic N) is 3. The Labute approximate surface area is 233 Å². The number of nitrogens with two attached hydrogens (primary N) is 2. The molecule has 0 radical (unpaired) electrons. The van der Waals surface area contributed by atoms with Crippen LogP contribution in [0.2, 0.25) is 0 Å². The lowest BCUT2D eigenvalue weighted by atomic mass is 10.0. The van der Waals surface area contributed by atoms with Crippen LogP contribution < -0.4 is 11.5 Å². The molecule has 0 spiro atoms. The van der Waals surface area contributed by atoms with Crippen LogP contribution in [0.1, 0.15) is 35.6 Å². The molecule has 206 valence electrons. The number of pyridine rings is 1. The molecular formula is C30H31N5O4S. The molecule has 0 unspecified atom stereocenters. The van der Waals surface area contributed by atoms with E-state index in [9.17, 15) is 18.0 Å². The Balaban J connectivity index is 1.63. The van der Waals surface area contributed by atoms with Gasteiger partial charge in [-0.05, 0) is 47.1 Å². The van der Waals surface area contributed by atoms with Crippen molar-refractivity contribution in [2.45, 2.75) is 37.2 Å². The van der Waals surface area contributed by atoms with Crippen molar-refractivity contribution in [3.8, 4) is 0 Å². The van der Waals surface area contributed by atoms with E-state index >= 15 is 0 Å². The zero-order valence-corrected chi connectivity index (χ0v) is 22.7. The maximum Gasteiger partial charge on any atom is 0.246 e. The molecule has 5 rings (SSSR count). The van der Waals surface area contributed by atoms with Crippen molar-refractivity contribution in [2.24, 2.45) is 5.73 Å². The van der Waals surface area contributed by atoms with E-state index in [0.717, 1.165) is 10.8 Å². The van der Waals surface area contributed by atoms with Gasteiger partial charge in [-0.25, -0.2) is 13.4 Å². The molecule has 9 nitrogen and oxygen atoms in total. The highest BCUT2D eigenvalue weighted by molar-refractivity contribution is 7.88. The summed E-state index contributed by atoms with van der Waals surface area (Å²) in [5, 5.41) is 1.56. The molecule has 0 saturated carbocycles. The number of carbonyl (C=O) groups is 2. The first-order valence-electron chi connectivity index (χ1n) is 13.1. The van der Waals surface area contributed by atoms with Gasteiger partial charge in [0.05, 0.1) is 5.75 Å². The molecule has 1 aliphatic rings. The van der Waals surface area contributed by atoms with Crippen LogP contribution in [0.25, 0.3) is 10.8 Å². The number of hydrogen-bond donors (Lipinski definition) is 2. The van der Waals surface area contributed by atoms with Gasteiger partial charge in [-0.15, -0.1) is 0 Å². The topological polar surface area (TPSA) is 140 Å². The number of sulfonamides is 1. The second-order valence-corrected chi connectivity index (χ2v) is 11.9. The molecule has 10 heteroatoms. The lowest BCUT2D eigenvalue weighted by molar-refractivity contribution is -0.140. The van der Waals surface area contributed by atoms with Gasteiger partial charge < -0.3 is 16.4 Å². The summed E-state index contributed by atoms with van der Waals surface area (Å²) in [6.07, 6.45) is 2.65. The monoisotopic (exact) mass is 557 g/mol. The van der Waals surface area contributed by atoms with E-state index < -0.39 is 33.9 Å². The number of anilines is 1. The summed E-state index contributed by atoms with van der Waals surface area (Å²) in [6, 6.07) is 22.9. The molecule has 2 heterocycles. The fourth-order valence-electron chi connectivity index (χ4n) is 5.30. The summed E-state index contributed by atoms with van der Waals surface area (Å²) < 4.78 is 29.7. The maximum atomic E-state index is 14.2. The molecule has 2 atom stereocenters. The predicted octanol–water partition coefficient (Wildman–Crippen LogP) is 3.37. The minimum absolute atomic E-state index is 0.0757. The molecule has 3 aromatic carbocycles. The van der Waals surface area contributed by atoms with Crippen molar-refractivity contribution in [1.82, 2.24) is 14.2 Å². The zero-order valence-electron chi connectivity index (χ0n) is 21.9. The molecule has 0 bridgehead atoms. The number of likely N-dealkylation sites (tertiary alicyclic amines) is 1. The van der Waals surface area contributed by atoms with Crippen LogP contribution in [0.4, 0.5) is 5.82 Å².